The second-order valence-electron chi connectivity index (χ2n) is 4.94. The van der Waals surface area contributed by atoms with Crippen molar-refractivity contribution < 1.29 is 4.39 Å². The van der Waals surface area contributed by atoms with Crippen molar-refractivity contribution in [2.24, 2.45) is 0 Å². The van der Waals surface area contributed by atoms with Crippen LogP contribution in [0.15, 0.2) is 51.4 Å². The molecule has 0 N–H and O–H groups in total. The van der Waals surface area contributed by atoms with Gasteiger partial charge in [-0.25, -0.2) is 4.39 Å². The smallest absolute Gasteiger partial charge is 0.127 e. The van der Waals surface area contributed by atoms with Crippen LogP contribution in [0.5, 0.6) is 0 Å². The van der Waals surface area contributed by atoms with Crippen molar-refractivity contribution in [2.45, 2.75) is 11.8 Å². The molecule has 0 aromatic heterocycles. The summed E-state index contributed by atoms with van der Waals surface area (Å²) < 4.78 is 16.0. The molecule has 0 spiro atoms. The van der Waals surface area contributed by atoms with Crippen LogP contribution in [0.3, 0.4) is 0 Å². The molecule has 0 atom stereocenters. The van der Waals surface area contributed by atoms with Crippen molar-refractivity contribution in [1.82, 2.24) is 0 Å². The molecular weight excluding hydrogens is 531 g/mol. The first kappa shape index (κ1) is 17.6. The molecule has 21 heavy (non-hydrogen) atoms. The zero-order chi connectivity index (χ0) is 15.5. The van der Waals surface area contributed by atoms with Crippen molar-refractivity contribution in [2.75, 3.05) is 10.7 Å². The second-order valence-corrected chi connectivity index (χ2v) is 7.83. The lowest BCUT2D eigenvalue weighted by molar-refractivity contribution is 0.520. The molecule has 0 aliphatic heterocycles. The van der Waals surface area contributed by atoms with Gasteiger partial charge in [-0.3, -0.25) is 0 Å². The highest BCUT2D eigenvalue weighted by atomic mass is 79.9. The highest BCUT2D eigenvalue weighted by Crippen LogP contribution is 2.37. The zero-order valence-electron chi connectivity index (χ0n) is 11.1. The molecule has 0 aliphatic carbocycles. The Balaban J connectivity index is 2.46. The maximum absolute atomic E-state index is 14.2. The summed E-state index contributed by atoms with van der Waals surface area (Å²) in [6.45, 7) is 0. The third-order valence-electron chi connectivity index (χ3n) is 3.50. The van der Waals surface area contributed by atoms with Gasteiger partial charge in [0.15, 0.2) is 0 Å². The molecule has 0 saturated heterocycles. The van der Waals surface area contributed by atoms with E-state index in [1.807, 2.05) is 30.3 Å². The molecule has 0 heterocycles. The summed E-state index contributed by atoms with van der Waals surface area (Å²) in [6.07, 6.45) is 0.616. The van der Waals surface area contributed by atoms with Gasteiger partial charge in [0.25, 0.3) is 0 Å². The Bertz CT molecular complexity index is 623. The zero-order valence-corrected chi connectivity index (χ0v) is 17.4. The van der Waals surface area contributed by atoms with E-state index in [1.54, 1.807) is 0 Å². The van der Waals surface area contributed by atoms with Crippen LogP contribution in [0.4, 0.5) is 4.39 Å². The van der Waals surface area contributed by atoms with E-state index >= 15 is 0 Å². The van der Waals surface area contributed by atoms with Crippen molar-refractivity contribution in [3.63, 3.8) is 0 Å². The summed E-state index contributed by atoms with van der Waals surface area (Å²) in [7, 11) is 0. The van der Waals surface area contributed by atoms with E-state index in [0.29, 0.717) is 12.0 Å². The predicted octanol–water partition coefficient (Wildman–Crippen LogP) is 6.62. The Morgan fingerprint density at radius 1 is 0.952 bits per heavy atom. The van der Waals surface area contributed by atoms with Crippen molar-refractivity contribution in [3.8, 4) is 0 Å². The Hall–Kier alpha value is 0.290. The number of halogens is 5. The highest BCUT2D eigenvalue weighted by molar-refractivity contribution is 9.11. The van der Waals surface area contributed by atoms with Crippen molar-refractivity contribution >= 4 is 63.7 Å². The first-order chi connectivity index (χ1) is 10.0. The van der Waals surface area contributed by atoms with Gasteiger partial charge in [-0.1, -0.05) is 88.0 Å². The SMILES string of the molecule is Fc1cc(Br)ccc1CC(CBr)(CBr)c1ccccc1Br. The lowest BCUT2D eigenvalue weighted by Gasteiger charge is -2.32. The van der Waals surface area contributed by atoms with Gasteiger partial charge < -0.3 is 0 Å². The van der Waals surface area contributed by atoms with Crippen LogP contribution >= 0.6 is 63.7 Å². The van der Waals surface area contributed by atoms with Crippen molar-refractivity contribution in [3.05, 3.63) is 68.4 Å². The minimum absolute atomic E-state index is 0.178. The molecule has 2 rings (SSSR count). The van der Waals surface area contributed by atoms with E-state index in [0.717, 1.165) is 19.6 Å². The monoisotopic (exact) mass is 540 g/mol. The van der Waals surface area contributed by atoms with Crippen LogP contribution in [-0.2, 0) is 11.8 Å². The summed E-state index contributed by atoms with van der Waals surface area (Å²) in [4.78, 5) is 0. The fourth-order valence-corrected chi connectivity index (χ4v) is 5.26. The molecule has 112 valence electrons. The first-order valence-electron chi connectivity index (χ1n) is 6.33. The predicted molar refractivity (Wildman–Crippen MR) is 101 cm³/mol. The average Bonchev–Trinajstić information content (AvgIpc) is 2.48. The van der Waals surface area contributed by atoms with Gasteiger partial charge in [0, 0.05) is 25.0 Å². The molecule has 0 radical (unpaired) electrons. The second kappa shape index (κ2) is 7.71. The minimum atomic E-state index is -0.214. The van der Waals surface area contributed by atoms with Crippen LogP contribution in [0.25, 0.3) is 0 Å². The number of benzene rings is 2. The van der Waals surface area contributed by atoms with Gasteiger partial charge in [-0.05, 0) is 35.7 Å². The molecule has 0 aliphatic rings. The summed E-state index contributed by atoms with van der Waals surface area (Å²) in [5.41, 5.74) is 1.67. The van der Waals surface area contributed by atoms with Gasteiger partial charge in [-0.2, -0.15) is 0 Å². The summed E-state index contributed by atoms with van der Waals surface area (Å²) in [5.74, 6) is -0.178. The van der Waals surface area contributed by atoms with Gasteiger partial charge in [0.1, 0.15) is 5.82 Å². The molecule has 0 saturated carbocycles. The van der Waals surface area contributed by atoms with E-state index in [4.69, 9.17) is 0 Å². The summed E-state index contributed by atoms with van der Waals surface area (Å²) >= 11 is 14.2. The van der Waals surface area contributed by atoms with E-state index in [-0.39, 0.29) is 11.2 Å². The molecule has 0 unspecified atom stereocenters. The number of alkyl halides is 2. The Labute approximate surface area is 158 Å². The van der Waals surface area contributed by atoms with Gasteiger partial charge in [0.2, 0.25) is 0 Å². The summed E-state index contributed by atoms with van der Waals surface area (Å²) in [5, 5.41) is 1.48. The standard InChI is InChI=1S/C16H13Br4F/c17-9-16(10-18,13-3-1-2-4-14(13)20)8-11-5-6-12(19)7-15(11)21/h1-7H,8-10H2. The largest absolute Gasteiger partial charge is 0.207 e. The summed E-state index contributed by atoms with van der Waals surface area (Å²) in [6, 6.07) is 13.3. The third-order valence-corrected chi connectivity index (χ3v) is 6.83. The lowest BCUT2D eigenvalue weighted by Crippen LogP contribution is -2.33. The fourth-order valence-electron chi connectivity index (χ4n) is 2.29. The first-order valence-corrected chi connectivity index (χ1v) is 10.2. The molecule has 5 heteroatoms. The maximum Gasteiger partial charge on any atom is 0.127 e. The quantitative estimate of drug-likeness (QED) is 0.372. The van der Waals surface area contributed by atoms with Crippen LogP contribution < -0.4 is 0 Å². The Morgan fingerprint density at radius 2 is 1.62 bits per heavy atom. The van der Waals surface area contributed by atoms with Crippen LogP contribution in [0, 0.1) is 5.82 Å². The van der Waals surface area contributed by atoms with Gasteiger partial charge >= 0.3 is 0 Å². The molecule has 0 nitrogen and oxygen atoms in total. The van der Waals surface area contributed by atoms with Crippen LogP contribution in [0.2, 0.25) is 0 Å². The van der Waals surface area contributed by atoms with Gasteiger partial charge in [-0.15, -0.1) is 0 Å². The number of rotatable bonds is 5. The molecular formula is C16H13Br4F. The average molecular weight is 544 g/mol. The lowest BCUT2D eigenvalue weighted by atomic mass is 9.79. The Morgan fingerprint density at radius 3 is 2.19 bits per heavy atom. The molecule has 2 aromatic carbocycles. The maximum atomic E-state index is 14.2. The fraction of sp³-hybridized carbons (Fsp3) is 0.250. The number of hydrogen-bond donors (Lipinski definition) is 0. The van der Waals surface area contributed by atoms with Gasteiger partial charge in [0.05, 0.1) is 0 Å². The van der Waals surface area contributed by atoms with E-state index in [2.05, 4.69) is 69.8 Å². The molecule has 0 fully saturated rings. The molecule has 2 aromatic rings. The highest BCUT2D eigenvalue weighted by Gasteiger charge is 2.33. The van der Waals surface area contributed by atoms with E-state index in [1.165, 1.54) is 11.6 Å². The topological polar surface area (TPSA) is 0 Å². The van der Waals surface area contributed by atoms with Crippen LogP contribution in [0.1, 0.15) is 11.1 Å². The van der Waals surface area contributed by atoms with E-state index in [9.17, 15) is 4.39 Å². The normalized spacial score (nSPS) is 11.7. The third kappa shape index (κ3) is 3.98. The van der Waals surface area contributed by atoms with E-state index < -0.39 is 0 Å². The van der Waals surface area contributed by atoms with Crippen LogP contribution in [-0.4, -0.2) is 10.7 Å². The molecule has 0 bridgehead atoms. The minimum Gasteiger partial charge on any atom is -0.207 e. The molecule has 0 amide bonds. The number of hydrogen-bond acceptors (Lipinski definition) is 0. The Kier molecular flexibility index (Phi) is 6.48. The van der Waals surface area contributed by atoms with Crippen molar-refractivity contribution in [1.29, 1.82) is 0 Å².